The molecule has 33 heavy (non-hydrogen) atoms. The molecular formula is C30H40N2O. The minimum Gasteiger partial charge on any atom is -0.372 e. The third kappa shape index (κ3) is 5.88. The summed E-state index contributed by atoms with van der Waals surface area (Å²) in [5.74, 6) is 1.75. The molecule has 0 atom stereocenters. The number of nitrogens with zero attached hydrogens (tertiary/aromatic N) is 1. The van der Waals surface area contributed by atoms with E-state index in [1.165, 1.54) is 105 Å². The smallest absolute Gasteiger partial charge is 0.204 e. The molecule has 0 saturated heterocycles. The fraction of sp³-hybridized carbons (Fsp3) is 0.500. The Balaban J connectivity index is 0.000000821. The van der Waals surface area contributed by atoms with Gasteiger partial charge in [0.05, 0.1) is 0 Å². The molecule has 0 unspecified atom stereocenters. The fourth-order valence-corrected chi connectivity index (χ4v) is 6.10. The summed E-state index contributed by atoms with van der Waals surface area (Å²) in [5.41, 5.74) is 11.4. The Kier molecular flexibility index (Phi) is 8.25. The second-order valence-corrected chi connectivity index (χ2v) is 10.2. The van der Waals surface area contributed by atoms with Crippen molar-refractivity contribution in [3.8, 4) is 11.1 Å². The predicted octanol–water partition coefficient (Wildman–Crippen LogP) is 7.42. The first-order chi connectivity index (χ1) is 16.2. The number of rotatable bonds is 5. The van der Waals surface area contributed by atoms with Crippen LogP contribution in [0.5, 0.6) is 0 Å². The van der Waals surface area contributed by atoms with E-state index in [0.717, 1.165) is 11.8 Å². The maximum Gasteiger partial charge on any atom is 0.204 e. The number of aryl methyl sites for hydroxylation is 1. The first kappa shape index (κ1) is 23.6. The van der Waals surface area contributed by atoms with Crippen molar-refractivity contribution in [1.82, 2.24) is 4.57 Å². The molecule has 0 bridgehead atoms. The largest absolute Gasteiger partial charge is 0.372 e. The highest BCUT2D eigenvalue weighted by Gasteiger charge is 2.20. The standard InChI is InChI=1S/C29H37N.CH3NO/c1-22-10-8-9-15-27(22)25-16-17-29-28(19-25)26(18-23-11-4-2-5-12-23)21-30(29)20-24-13-6-3-7-14-24;2-1-3/h8-10,15-17,19,21,23-24H,2-7,11-14,18,20H2,1H3;1H,(H2,2,3). The van der Waals surface area contributed by atoms with Gasteiger partial charge in [-0.1, -0.05) is 81.7 Å². The third-order valence-electron chi connectivity index (χ3n) is 7.83. The Hall–Kier alpha value is -2.55. The van der Waals surface area contributed by atoms with E-state index in [-0.39, 0.29) is 6.41 Å². The molecule has 2 aliphatic rings. The van der Waals surface area contributed by atoms with Gasteiger partial charge in [-0.2, -0.15) is 0 Å². The summed E-state index contributed by atoms with van der Waals surface area (Å²) in [7, 11) is 0. The van der Waals surface area contributed by atoms with Gasteiger partial charge >= 0.3 is 0 Å². The zero-order valence-corrected chi connectivity index (χ0v) is 20.3. The average Bonchev–Trinajstić information content (AvgIpc) is 3.17. The van der Waals surface area contributed by atoms with E-state index in [1.54, 1.807) is 5.56 Å². The molecule has 3 aromatic rings. The Morgan fingerprint density at radius 3 is 2.21 bits per heavy atom. The summed E-state index contributed by atoms with van der Waals surface area (Å²) >= 11 is 0. The van der Waals surface area contributed by atoms with Crippen LogP contribution in [0.2, 0.25) is 0 Å². The van der Waals surface area contributed by atoms with Crippen LogP contribution in [-0.2, 0) is 17.8 Å². The van der Waals surface area contributed by atoms with Crippen LogP contribution >= 0.6 is 0 Å². The molecule has 3 heteroatoms. The van der Waals surface area contributed by atoms with Gasteiger partial charge in [0.1, 0.15) is 0 Å². The van der Waals surface area contributed by atoms with Crippen LogP contribution in [0.3, 0.4) is 0 Å². The molecule has 0 radical (unpaired) electrons. The van der Waals surface area contributed by atoms with Crippen molar-refractivity contribution in [2.75, 3.05) is 0 Å². The number of nitrogens with two attached hydrogens (primary N) is 1. The molecule has 2 aliphatic carbocycles. The van der Waals surface area contributed by atoms with Gasteiger partial charge in [-0.15, -0.1) is 0 Å². The molecule has 3 nitrogen and oxygen atoms in total. The van der Waals surface area contributed by atoms with Crippen LogP contribution in [0.4, 0.5) is 0 Å². The Morgan fingerprint density at radius 2 is 1.55 bits per heavy atom. The summed E-state index contributed by atoms with van der Waals surface area (Å²) in [4.78, 5) is 8.58. The summed E-state index contributed by atoms with van der Waals surface area (Å²) in [6, 6.07) is 16.1. The second kappa shape index (κ2) is 11.5. The number of amides is 1. The fourth-order valence-electron chi connectivity index (χ4n) is 6.10. The lowest BCUT2D eigenvalue weighted by atomic mass is 9.84. The number of carbonyl (C=O) groups excluding carboxylic acids is 1. The normalized spacial score (nSPS) is 17.5. The van der Waals surface area contributed by atoms with Crippen molar-refractivity contribution in [3.05, 3.63) is 59.8 Å². The highest BCUT2D eigenvalue weighted by Crippen LogP contribution is 2.35. The van der Waals surface area contributed by atoms with Crippen LogP contribution in [0.25, 0.3) is 22.0 Å². The summed E-state index contributed by atoms with van der Waals surface area (Å²) in [5, 5.41) is 1.51. The number of hydrogen-bond donors (Lipinski definition) is 1. The molecule has 2 aromatic carbocycles. The molecule has 2 fully saturated rings. The second-order valence-electron chi connectivity index (χ2n) is 10.2. The van der Waals surface area contributed by atoms with E-state index < -0.39 is 0 Å². The van der Waals surface area contributed by atoms with E-state index in [4.69, 9.17) is 4.79 Å². The highest BCUT2D eigenvalue weighted by atomic mass is 16.1. The van der Waals surface area contributed by atoms with Crippen molar-refractivity contribution in [2.24, 2.45) is 17.6 Å². The third-order valence-corrected chi connectivity index (χ3v) is 7.83. The monoisotopic (exact) mass is 444 g/mol. The number of hydrogen-bond acceptors (Lipinski definition) is 1. The van der Waals surface area contributed by atoms with Crippen molar-refractivity contribution in [3.63, 3.8) is 0 Å². The molecule has 1 aromatic heterocycles. The summed E-state index contributed by atoms with van der Waals surface area (Å²) in [6.07, 6.45) is 18.3. The van der Waals surface area contributed by atoms with Crippen LogP contribution in [-0.4, -0.2) is 11.0 Å². The Bertz CT molecular complexity index is 1040. The quantitative estimate of drug-likeness (QED) is 0.409. The van der Waals surface area contributed by atoms with E-state index in [2.05, 4.69) is 65.9 Å². The molecular weight excluding hydrogens is 404 g/mol. The number of primary amides is 1. The summed E-state index contributed by atoms with van der Waals surface area (Å²) in [6.45, 7) is 3.45. The number of carbonyl (C=O) groups is 1. The van der Waals surface area contributed by atoms with E-state index in [9.17, 15) is 0 Å². The molecule has 1 amide bonds. The van der Waals surface area contributed by atoms with Gasteiger partial charge in [-0.05, 0) is 72.4 Å². The first-order valence-electron chi connectivity index (χ1n) is 13.0. The van der Waals surface area contributed by atoms with Gasteiger partial charge < -0.3 is 10.3 Å². The van der Waals surface area contributed by atoms with E-state index >= 15 is 0 Å². The molecule has 2 N–H and O–H groups in total. The Morgan fingerprint density at radius 1 is 0.909 bits per heavy atom. The Labute approximate surface area is 199 Å². The van der Waals surface area contributed by atoms with Crippen molar-refractivity contribution >= 4 is 17.3 Å². The molecule has 0 aliphatic heterocycles. The minimum atomic E-state index is 0.250. The maximum atomic E-state index is 8.58. The maximum absolute atomic E-state index is 8.58. The SMILES string of the molecule is Cc1ccccc1-c1ccc2c(c1)c(CC1CCCCC1)cn2CC1CCCCC1.NC=O. The predicted molar refractivity (Wildman–Crippen MR) is 139 cm³/mol. The zero-order valence-electron chi connectivity index (χ0n) is 20.3. The lowest BCUT2D eigenvalue weighted by Gasteiger charge is -2.22. The van der Waals surface area contributed by atoms with Crippen LogP contribution in [0.1, 0.15) is 75.3 Å². The van der Waals surface area contributed by atoms with Gasteiger partial charge in [0.15, 0.2) is 0 Å². The molecule has 2 saturated carbocycles. The molecule has 0 spiro atoms. The van der Waals surface area contributed by atoms with E-state index in [0.29, 0.717) is 0 Å². The van der Waals surface area contributed by atoms with Gasteiger partial charge in [-0.25, -0.2) is 0 Å². The first-order valence-corrected chi connectivity index (χ1v) is 13.0. The lowest BCUT2D eigenvalue weighted by molar-refractivity contribution is -0.106. The average molecular weight is 445 g/mol. The summed E-state index contributed by atoms with van der Waals surface area (Å²) < 4.78 is 2.62. The van der Waals surface area contributed by atoms with Gasteiger partial charge in [-0.3, -0.25) is 4.79 Å². The molecule has 176 valence electrons. The van der Waals surface area contributed by atoms with Crippen molar-refractivity contribution in [2.45, 2.75) is 84.1 Å². The lowest BCUT2D eigenvalue weighted by Crippen LogP contribution is -2.13. The molecule has 5 rings (SSSR count). The van der Waals surface area contributed by atoms with E-state index in [1.807, 2.05) is 0 Å². The van der Waals surface area contributed by atoms with Gasteiger partial charge in [0.25, 0.3) is 0 Å². The zero-order chi connectivity index (χ0) is 23.0. The van der Waals surface area contributed by atoms with Gasteiger partial charge in [0, 0.05) is 23.6 Å². The van der Waals surface area contributed by atoms with Crippen molar-refractivity contribution in [1.29, 1.82) is 0 Å². The van der Waals surface area contributed by atoms with Crippen LogP contribution in [0, 0.1) is 18.8 Å². The highest BCUT2D eigenvalue weighted by molar-refractivity contribution is 5.89. The van der Waals surface area contributed by atoms with Crippen molar-refractivity contribution < 1.29 is 4.79 Å². The molecule has 1 heterocycles. The van der Waals surface area contributed by atoms with Gasteiger partial charge in [0.2, 0.25) is 6.41 Å². The number of benzene rings is 2. The van der Waals surface area contributed by atoms with Crippen LogP contribution < -0.4 is 5.73 Å². The minimum absolute atomic E-state index is 0.250. The number of aromatic nitrogens is 1. The topological polar surface area (TPSA) is 48.0 Å². The van der Waals surface area contributed by atoms with Crippen LogP contribution in [0.15, 0.2) is 48.7 Å². The number of fused-ring (bicyclic) bond motifs is 1.